The number of carbonyl (C=O) groups is 1. The molecule has 0 aliphatic rings. The van der Waals surface area contributed by atoms with Gasteiger partial charge in [0.15, 0.2) is 0 Å². The summed E-state index contributed by atoms with van der Waals surface area (Å²) in [6.07, 6.45) is 0.323. The van der Waals surface area contributed by atoms with E-state index >= 15 is 0 Å². The van der Waals surface area contributed by atoms with Crippen LogP contribution in [0.1, 0.15) is 17.7 Å². The van der Waals surface area contributed by atoms with Crippen LogP contribution < -0.4 is 0 Å². The van der Waals surface area contributed by atoms with E-state index in [2.05, 4.69) is 20.9 Å². The molecule has 0 spiro atoms. The van der Waals surface area contributed by atoms with Gasteiger partial charge in [0.05, 0.1) is 4.92 Å². The van der Waals surface area contributed by atoms with Gasteiger partial charge in [-0.25, -0.2) is 0 Å². The second-order valence-electron chi connectivity index (χ2n) is 4.20. The fourth-order valence-electron chi connectivity index (χ4n) is 2.13. The number of nitrogens with one attached hydrogen (secondary N) is 1. The topological polar surface area (TPSA) is 96.2 Å². The molecule has 0 radical (unpaired) electrons. The number of aliphatic carboxylic acids is 1. The number of carboxylic acid groups (broad SMARTS) is 1. The Morgan fingerprint density at radius 3 is 2.79 bits per heavy atom. The van der Waals surface area contributed by atoms with Gasteiger partial charge in [0.2, 0.25) is 0 Å². The van der Waals surface area contributed by atoms with E-state index in [9.17, 15) is 14.9 Å². The number of nitrogens with zero attached hydrogens (tertiary/aromatic N) is 1. The standard InChI is InChI=1S/C12H11BrN2O4/c1-6-7(2-5-10(16)17)11-8(13)3-4-9(15(18)19)12(11)14-6/h3-4,14H,2,5H2,1H3,(H,16,17). The molecule has 0 atom stereocenters. The molecule has 2 rings (SSSR count). The van der Waals surface area contributed by atoms with E-state index in [1.165, 1.54) is 6.07 Å². The molecule has 100 valence electrons. The van der Waals surface area contributed by atoms with Crippen LogP contribution in [0.2, 0.25) is 0 Å². The number of aromatic amines is 1. The van der Waals surface area contributed by atoms with Crippen molar-refractivity contribution < 1.29 is 14.8 Å². The Kier molecular flexibility index (Phi) is 3.57. The maximum atomic E-state index is 11.0. The summed E-state index contributed by atoms with van der Waals surface area (Å²) < 4.78 is 0.720. The molecule has 0 fully saturated rings. The number of halogens is 1. The van der Waals surface area contributed by atoms with Crippen LogP contribution in [0, 0.1) is 17.0 Å². The van der Waals surface area contributed by atoms with Gasteiger partial charge < -0.3 is 10.1 Å². The predicted molar refractivity (Wildman–Crippen MR) is 73.3 cm³/mol. The van der Waals surface area contributed by atoms with Crippen molar-refractivity contribution in [2.45, 2.75) is 19.8 Å². The number of fused-ring (bicyclic) bond motifs is 1. The van der Waals surface area contributed by atoms with Crippen LogP contribution in [-0.2, 0) is 11.2 Å². The highest BCUT2D eigenvalue weighted by Crippen LogP contribution is 2.35. The summed E-state index contributed by atoms with van der Waals surface area (Å²) in [5.74, 6) is -0.893. The molecule has 2 N–H and O–H groups in total. The van der Waals surface area contributed by atoms with Crippen molar-refractivity contribution in [3.8, 4) is 0 Å². The molecule has 1 heterocycles. The lowest BCUT2D eigenvalue weighted by Crippen LogP contribution is -1.98. The Labute approximate surface area is 116 Å². The second-order valence-corrected chi connectivity index (χ2v) is 5.05. The third-order valence-corrected chi connectivity index (χ3v) is 3.65. The lowest BCUT2D eigenvalue weighted by atomic mass is 10.1. The molecule has 0 saturated heterocycles. The predicted octanol–water partition coefficient (Wildman–Crippen LogP) is 3.16. The van der Waals surface area contributed by atoms with Gasteiger partial charge in [-0.15, -0.1) is 0 Å². The highest BCUT2D eigenvalue weighted by atomic mass is 79.9. The summed E-state index contributed by atoms with van der Waals surface area (Å²) in [7, 11) is 0. The van der Waals surface area contributed by atoms with Crippen LogP contribution in [0.3, 0.4) is 0 Å². The van der Waals surface area contributed by atoms with Gasteiger partial charge in [-0.1, -0.05) is 15.9 Å². The normalized spacial score (nSPS) is 10.8. The Bertz CT molecular complexity index is 678. The zero-order chi connectivity index (χ0) is 14.2. The van der Waals surface area contributed by atoms with Crippen molar-refractivity contribution in [2.75, 3.05) is 0 Å². The number of benzene rings is 1. The van der Waals surface area contributed by atoms with E-state index in [1.54, 1.807) is 13.0 Å². The summed E-state index contributed by atoms with van der Waals surface area (Å²) >= 11 is 3.36. The quantitative estimate of drug-likeness (QED) is 0.666. The average Bonchev–Trinajstić information content (AvgIpc) is 2.63. The van der Waals surface area contributed by atoms with Crippen LogP contribution in [0.5, 0.6) is 0 Å². The van der Waals surface area contributed by atoms with E-state index in [-0.39, 0.29) is 12.1 Å². The Hall–Kier alpha value is -1.89. The second kappa shape index (κ2) is 5.00. The summed E-state index contributed by atoms with van der Waals surface area (Å²) in [4.78, 5) is 24.2. The molecule has 1 aromatic carbocycles. The minimum Gasteiger partial charge on any atom is -0.481 e. The number of hydrogen-bond donors (Lipinski definition) is 2. The Balaban J connectivity index is 2.65. The SMILES string of the molecule is Cc1[nH]c2c([N+](=O)[O-])ccc(Br)c2c1CCC(=O)O. The van der Waals surface area contributed by atoms with Crippen molar-refractivity contribution in [1.29, 1.82) is 0 Å². The van der Waals surface area contributed by atoms with Gasteiger partial charge in [-0.2, -0.15) is 0 Å². The van der Waals surface area contributed by atoms with Crippen LogP contribution in [0.4, 0.5) is 5.69 Å². The van der Waals surface area contributed by atoms with Gasteiger partial charge in [0.25, 0.3) is 5.69 Å². The monoisotopic (exact) mass is 326 g/mol. The Morgan fingerprint density at radius 2 is 2.21 bits per heavy atom. The van der Waals surface area contributed by atoms with E-state index in [0.717, 1.165) is 15.7 Å². The molecule has 0 aliphatic heterocycles. The summed E-state index contributed by atoms with van der Waals surface area (Å²) in [6, 6.07) is 3.03. The van der Waals surface area contributed by atoms with Gasteiger partial charge in [0, 0.05) is 28.0 Å². The van der Waals surface area contributed by atoms with Gasteiger partial charge in [-0.05, 0) is 25.0 Å². The molecular weight excluding hydrogens is 316 g/mol. The number of H-pyrrole nitrogens is 1. The lowest BCUT2D eigenvalue weighted by molar-refractivity contribution is -0.383. The smallest absolute Gasteiger partial charge is 0.303 e. The zero-order valence-electron chi connectivity index (χ0n) is 10.1. The molecule has 19 heavy (non-hydrogen) atoms. The molecular formula is C12H11BrN2O4. The number of nitro benzene ring substituents is 1. The molecule has 7 heteroatoms. The summed E-state index contributed by atoms with van der Waals surface area (Å²) in [5.41, 5.74) is 1.97. The minimum absolute atomic E-state index is 0.0110. The third-order valence-electron chi connectivity index (χ3n) is 2.99. The van der Waals surface area contributed by atoms with Crippen molar-refractivity contribution in [3.05, 3.63) is 38.0 Å². The first-order valence-electron chi connectivity index (χ1n) is 5.57. The number of aryl methyl sites for hydroxylation is 2. The van der Waals surface area contributed by atoms with Gasteiger partial charge in [-0.3, -0.25) is 14.9 Å². The number of aromatic nitrogens is 1. The lowest BCUT2D eigenvalue weighted by Gasteiger charge is -2.01. The minimum atomic E-state index is -0.893. The number of hydrogen-bond acceptors (Lipinski definition) is 3. The molecule has 0 amide bonds. The Morgan fingerprint density at radius 1 is 1.53 bits per heavy atom. The van der Waals surface area contributed by atoms with Crippen LogP contribution >= 0.6 is 15.9 Å². The van der Waals surface area contributed by atoms with E-state index in [0.29, 0.717) is 17.3 Å². The number of non-ortho nitro benzene ring substituents is 1. The molecule has 1 aromatic heterocycles. The first-order chi connectivity index (χ1) is 8.91. The first-order valence-corrected chi connectivity index (χ1v) is 6.37. The van der Waals surface area contributed by atoms with Crippen molar-refractivity contribution >= 4 is 38.5 Å². The molecule has 0 aliphatic carbocycles. The number of rotatable bonds is 4. The van der Waals surface area contributed by atoms with Crippen molar-refractivity contribution in [3.63, 3.8) is 0 Å². The van der Waals surface area contributed by atoms with Gasteiger partial charge >= 0.3 is 5.97 Å². The molecule has 0 unspecified atom stereocenters. The fourth-order valence-corrected chi connectivity index (χ4v) is 2.70. The number of carboxylic acids is 1. The average molecular weight is 327 g/mol. The molecule has 6 nitrogen and oxygen atoms in total. The highest BCUT2D eigenvalue weighted by Gasteiger charge is 2.20. The number of nitro groups is 1. The van der Waals surface area contributed by atoms with E-state index < -0.39 is 10.9 Å². The maximum absolute atomic E-state index is 11.0. The van der Waals surface area contributed by atoms with Crippen molar-refractivity contribution in [2.24, 2.45) is 0 Å². The third kappa shape index (κ3) is 2.46. The first kappa shape index (κ1) is 13.5. The van der Waals surface area contributed by atoms with Crippen LogP contribution in [-0.4, -0.2) is 21.0 Å². The molecule has 2 aromatic rings. The largest absolute Gasteiger partial charge is 0.481 e. The summed E-state index contributed by atoms with van der Waals surface area (Å²) in [6.45, 7) is 1.79. The molecule has 0 bridgehead atoms. The van der Waals surface area contributed by atoms with E-state index in [1.807, 2.05) is 0 Å². The van der Waals surface area contributed by atoms with Crippen molar-refractivity contribution in [1.82, 2.24) is 4.98 Å². The highest BCUT2D eigenvalue weighted by molar-refractivity contribution is 9.10. The maximum Gasteiger partial charge on any atom is 0.303 e. The van der Waals surface area contributed by atoms with Gasteiger partial charge in [0.1, 0.15) is 5.52 Å². The fraction of sp³-hybridized carbons (Fsp3) is 0.250. The van der Waals surface area contributed by atoms with E-state index in [4.69, 9.17) is 5.11 Å². The summed E-state index contributed by atoms with van der Waals surface area (Å²) in [5, 5.41) is 20.4. The van der Waals surface area contributed by atoms with Crippen LogP contribution in [0.15, 0.2) is 16.6 Å². The molecule has 0 saturated carbocycles. The zero-order valence-corrected chi connectivity index (χ0v) is 11.7. The van der Waals surface area contributed by atoms with Crippen LogP contribution in [0.25, 0.3) is 10.9 Å².